The minimum absolute atomic E-state index is 0. The Balaban J connectivity index is -0.000000178. The van der Waals surface area contributed by atoms with Crippen molar-refractivity contribution in [1.29, 1.82) is 0 Å². The number of hydrogen-bond acceptors (Lipinski definition) is 2. The van der Waals surface area contributed by atoms with Gasteiger partial charge in [0, 0.05) is 16.8 Å². The van der Waals surface area contributed by atoms with Crippen LogP contribution in [0.3, 0.4) is 0 Å². The second-order valence-corrected chi connectivity index (χ2v) is 2.14. The number of carbonyl (C=O) groups excluding carboxylic acids is 2. The first-order valence-electron chi connectivity index (χ1n) is 3.89. The summed E-state index contributed by atoms with van der Waals surface area (Å²) in [7, 11) is 0. The third-order valence-electron chi connectivity index (χ3n) is 1.37. The van der Waals surface area contributed by atoms with E-state index in [2.05, 4.69) is 24.3 Å². The molecule has 0 saturated carbocycles. The Kier molecular flexibility index (Phi) is 31.5. The van der Waals surface area contributed by atoms with E-state index in [1.165, 1.54) is 25.7 Å². The first-order valence-corrected chi connectivity index (χ1v) is 3.89. The van der Waals surface area contributed by atoms with Crippen LogP contribution < -0.4 is 0 Å². The van der Waals surface area contributed by atoms with Crippen LogP contribution in [0.2, 0.25) is 0 Å². The minimum Gasteiger partial charge on any atom is -0.307 e. The number of carbonyl (C=O) groups is 2. The number of allylic oxidation sites excluding steroid dienone is 4. The summed E-state index contributed by atoms with van der Waals surface area (Å²) in [5, 5.41) is 0. The molecule has 2 nitrogen and oxygen atoms in total. The van der Waals surface area contributed by atoms with Gasteiger partial charge in [0.15, 0.2) is 0 Å². The van der Waals surface area contributed by atoms with Gasteiger partial charge in [0.1, 0.15) is 13.6 Å². The SMILES string of the molecule is C1=C\CCCC\C=C/1.C=O.C=O.[Co]. The molecule has 1 rings (SSSR count). The van der Waals surface area contributed by atoms with E-state index in [1.54, 1.807) is 0 Å². The average molecular weight is 227 g/mol. The molecule has 1 aliphatic rings. The zero-order valence-corrected chi connectivity index (χ0v) is 8.74. The van der Waals surface area contributed by atoms with Crippen LogP contribution in [-0.4, -0.2) is 13.6 Å². The predicted octanol–water partition coefficient (Wildman–Crippen LogP) is 2.30. The van der Waals surface area contributed by atoms with Crippen LogP contribution in [0, 0.1) is 0 Å². The van der Waals surface area contributed by atoms with Crippen molar-refractivity contribution < 1.29 is 26.4 Å². The Morgan fingerprint density at radius 1 is 0.769 bits per heavy atom. The van der Waals surface area contributed by atoms with Gasteiger partial charge in [-0.3, -0.25) is 0 Å². The summed E-state index contributed by atoms with van der Waals surface area (Å²) in [6.45, 7) is 4.00. The molecule has 0 amide bonds. The maximum Gasteiger partial charge on any atom is 0.106 e. The van der Waals surface area contributed by atoms with E-state index in [-0.39, 0.29) is 16.8 Å². The molecule has 0 aromatic rings. The van der Waals surface area contributed by atoms with Gasteiger partial charge in [-0.15, -0.1) is 0 Å². The van der Waals surface area contributed by atoms with Crippen molar-refractivity contribution in [2.45, 2.75) is 25.7 Å². The molecule has 0 saturated heterocycles. The van der Waals surface area contributed by atoms with Crippen LogP contribution >= 0.6 is 0 Å². The van der Waals surface area contributed by atoms with Crippen molar-refractivity contribution in [1.82, 2.24) is 0 Å². The van der Waals surface area contributed by atoms with Crippen LogP contribution in [0.15, 0.2) is 24.3 Å². The zero-order valence-electron chi connectivity index (χ0n) is 7.70. The topological polar surface area (TPSA) is 34.1 Å². The van der Waals surface area contributed by atoms with Gasteiger partial charge < -0.3 is 9.59 Å². The first-order chi connectivity index (χ1) is 6.00. The zero-order chi connectivity index (χ0) is 9.66. The molecule has 0 aromatic carbocycles. The fourth-order valence-electron chi connectivity index (χ4n) is 0.874. The summed E-state index contributed by atoms with van der Waals surface area (Å²) in [5.74, 6) is 0. The van der Waals surface area contributed by atoms with Gasteiger partial charge in [-0.05, 0) is 25.7 Å². The van der Waals surface area contributed by atoms with Gasteiger partial charge in [0.05, 0.1) is 0 Å². The van der Waals surface area contributed by atoms with Crippen molar-refractivity contribution >= 4 is 13.6 Å². The van der Waals surface area contributed by atoms with Crippen molar-refractivity contribution in [2.75, 3.05) is 0 Å². The van der Waals surface area contributed by atoms with E-state index in [4.69, 9.17) is 9.59 Å². The Labute approximate surface area is 90.3 Å². The van der Waals surface area contributed by atoms with E-state index in [0.717, 1.165) is 0 Å². The third-order valence-corrected chi connectivity index (χ3v) is 1.37. The average Bonchev–Trinajstić information content (AvgIpc) is 2.10. The van der Waals surface area contributed by atoms with Crippen molar-refractivity contribution in [3.05, 3.63) is 24.3 Å². The maximum atomic E-state index is 8.00. The van der Waals surface area contributed by atoms with E-state index < -0.39 is 0 Å². The second kappa shape index (κ2) is 22.5. The van der Waals surface area contributed by atoms with E-state index in [0.29, 0.717) is 0 Å². The van der Waals surface area contributed by atoms with Crippen LogP contribution in [0.5, 0.6) is 0 Å². The Morgan fingerprint density at radius 2 is 1.08 bits per heavy atom. The molecule has 13 heavy (non-hydrogen) atoms. The number of hydrogen-bond donors (Lipinski definition) is 0. The minimum atomic E-state index is 0. The Bertz CT molecular complexity index is 117. The van der Waals surface area contributed by atoms with Gasteiger partial charge in [-0.1, -0.05) is 24.3 Å². The van der Waals surface area contributed by atoms with E-state index in [9.17, 15) is 0 Å². The summed E-state index contributed by atoms with van der Waals surface area (Å²) in [4.78, 5) is 16.0. The number of rotatable bonds is 0. The maximum absolute atomic E-state index is 8.00. The molecule has 3 heteroatoms. The molecule has 1 radical (unpaired) electrons. The summed E-state index contributed by atoms with van der Waals surface area (Å²) in [6, 6.07) is 0. The molecular formula is C10H16CoO2. The summed E-state index contributed by atoms with van der Waals surface area (Å²) < 4.78 is 0. The van der Waals surface area contributed by atoms with Crippen LogP contribution in [0.1, 0.15) is 25.7 Å². The molecule has 0 N–H and O–H groups in total. The largest absolute Gasteiger partial charge is 0.307 e. The van der Waals surface area contributed by atoms with Crippen LogP contribution in [-0.2, 0) is 26.4 Å². The molecule has 0 fully saturated rings. The molecule has 0 heterocycles. The van der Waals surface area contributed by atoms with Crippen LogP contribution in [0.25, 0.3) is 0 Å². The Hall–Kier alpha value is -0.674. The molecular weight excluding hydrogens is 211 g/mol. The molecule has 0 unspecified atom stereocenters. The molecule has 0 aromatic heterocycles. The smallest absolute Gasteiger partial charge is 0.106 e. The monoisotopic (exact) mass is 227 g/mol. The molecule has 0 spiro atoms. The van der Waals surface area contributed by atoms with Crippen molar-refractivity contribution in [3.63, 3.8) is 0 Å². The summed E-state index contributed by atoms with van der Waals surface area (Å²) >= 11 is 0. The quantitative estimate of drug-likeness (QED) is 0.636. The normalized spacial score (nSPS) is 17.8. The van der Waals surface area contributed by atoms with E-state index in [1.807, 2.05) is 13.6 Å². The summed E-state index contributed by atoms with van der Waals surface area (Å²) in [6.07, 6.45) is 14.0. The standard InChI is InChI=1S/C8H12.2CH2O.Co/c1-2-4-6-8-7-5-3-1;2*1-2;/h1-4H,5-8H2;2*1H2;/b3-1-,4-2-;;;. The second-order valence-electron chi connectivity index (χ2n) is 2.14. The van der Waals surface area contributed by atoms with Gasteiger partial charge >= 0.3 is 0 Å². The third kappa shape index (κ3) is 18.4. The first kappa shape index (κ1) is 18.2. The molecule has 1 aliphatic carbocycles. The van der Waals surface area contributed by atoms with Gasteiger partial charge in [-0.25, -0.2) is 0 Å². The predicted molar refractivity (Wildman–Crippen MR) is 51.0 cm³/mol. The van der Waals surface area contributed by atoms with E-state index >= 15 is 0 Å². The van der Waals surface area contributed by atoms with Crippen molar-refractivity contribution in [2.24, 2.45) is 0 Å². The molecule has 0 bridgehead atoms. The fourth-order valence-corrected chi connectivity index (χ4v) is 0.874. The van der Waals surface area contributed by atoms with Gasteiger partial charge in [0.2, 0.25) is 0 Å². The Morgan fingerprint density at radius 3 is 1.38 bits per heavy atom. The van der Waals surface area contributed by atoms with Crippen molar-refractivity contribution in [3.8, 4) is 0 Å². The molecule has 77 valence electrons. The summed E-state index contributed by atoms with van der Waals surface area (Å²) in [5.41, 5.74) is 0. The van der Waals surface area contributed by atoms with Gasteiger partial charge in [0.25, 0.3) is 0 Å². The molecule has 0 aliphatic heterocycles. The molecule has 0 atom stereocenters. The fraction of sp³-hybridized carbons (Fsp3) is 0.400. The van der Waals surface area contributed by atoms with Crippen LogP contribution in [0.4, 0.5) is 0 Å². The van der Waals surface area contributed by atoms with Gasteiger partial charge in [-0.2, -0.15) is 0 Å².